The molecule has 0 aromatic heterocycles. The number of rotatable bonds is 3. The van der Waals surface area contributed by atoms with Gasteiger partial charge in [-0.3, -0.25) is 9.59 Å². The maximum atomic E-state index is 12.8. The molecule has 0 aromatic carbocycles. The molecule has 1 saturated carbocycles. The highest BCUT2D eigenvalue weighted by atomic mass is 35.5. The van der Waals surface area contributed by atoms with Crippen LogP contribution < -0.4 is 11.1 Å². The Kier molecular flexibility index (Phi) is 7.13. The van der Waals surface area contributed by atoms with E-state index in [-0.39, 0.29) is 41.7 Å². The van der Waals surface area contributed by atoms with E-state index >= 15 is 0 Å². The molecule has 2 amide bonds. The fourth-order valence-corrected chi connectivity index (χ4v) is 3.61. The minimum atomic E-state index is -0.380. The zero-order chi connectivity index (χ0) is 15.5. The molecule has 0 bridgehead atoms. The molecular formula is C16H30ClN3O2. The number of carbonyl (C=O) groups is 2. The summed E-state index contributed by atoms with van der Waals surface area (Å²) in [6, 6.07) is 0.0998. The molecule has 1 heterocycles. The summed E-state index contributed by atoms with van der Waals surface area (Å²) in [6.45, 7) is 5.29. The van der Waals surface area contributed by atoms with Gasteiger partial charge >= 0.3 is 0 Å². The Morgan fingerprint density at radius 2 is 2.00 bits per heavy atom. The first-order valence-electron chi connectivity index (χ1n) is 8.31. The lowest BCUT2D eigenvalue weighted by Gasteiger charge is -2.42. The van der Waals surface area contributed by atoms with Gasteiger partial charge in [0.25, 0.3) is 0 Å². The molecular weight excluding hydrogens is 302 g/mol. The van der Waals surface area contributed by atoms with Gasteiger partial charge in [0.15, 0.2) is 0 Å². The first-order valence-corrected chi connectivity index (χ1v) is 8.31. The van der Waals surface area contributed by atoms with Crippen LogP contribution in [0.3, 0.4) is 0 Å². The van der Waals surface area contributed by atoms with Gasteiger partial charge in [-0.1, -0.05) is 19.8 Å². The van der Waals surface area contributed by atoms with E-state index in [1.54, 1.807) is 0 Å². The second kappa shape index (κ2) is 8.16. The molecule has 6 heteroatoms. The SMILES string of the molecule is CCC(=O)NC1CCCN(C(=O)C2CCCCC2(C)N)C1.Cl. The van der Waals surface area contributed by atoms with Crippen molar-refractivity contribution < 1.29 is 9.59 Å². The third-order valence-electron chi connectivity index (χ3n) is 4.97. The second-order valence-electron chi connectivity index (χ2n) is 6.85. The van der Waals surface area contributed by atoms with E-state index in [4.69, 9.17) is 5.73 Å². The molecule has 2 fully saturated rings. The van der Waals surface area contributed by atoms with Crippen LogP contribution in [0.25, 0.3) is 0 Å². The monoisotopic (exact) mass is 331 g/mol. The average Bonchev–Trinajstić information content (AvgIpc) is 2.46. The fraction of sp³-hybridized carbons (Fsp3) is 0.875. The topological polar surface area (TPSA) is 75.4 Å². The molecule has 3 atom stereocenters. The highest BCUT2D eigenvalue weighted by molar-refractivity contribution is 5.85. The quantitative estimate of drug-likeness (QED) is 0.828. The van der Waals surface area contributed by atoms with Crippen LogP contribution in [0.4, 0.5) is 0 Å². The Balaban J connectivity index is 0.00000242. The number of hydrogen-bond acceptors (Lipinski definition) is 3. The number of piperidine rings is 1. The van der Waals surface area contributed by atoms with Crippen molar-refractivity contribution in [3.8, 4) is 0 Å². The Hall–Kier alpha value is -0.810. The van der Waals surface area contributed by atoms with Crippen LogP contribution >= 0.6 is 12.4 Å². The van der Waals surface area contributed by atoms with Gasteiger partial charge in [-0.2, -0.15) is 0 Å². The second-order valence-corrected chi connectivity index (χ2v) is 6.85. The van der Waals surface area contributed by atoms with Crippen molar-refractivity contribution in [2.45, 2.75) is 70.4 Å². The largest absolute Gasteiger partial charge is 0.352 e. The van der Waals surface area contributed by atoms with Crippen molar-refractivity contribution in [3.63, 3.8) is 0 Å². The summed E-state index contributed by atoms with van der Waals surface area (Å²) in [5.74, 6) is 0.192. The van der Waals surface area contributed by atoms with E-state index in [1.165, 1.54) is 0 Å². The minimum Gasteiger partial charge on any atom is -0.352 e. The summed E-state index contributed by atoms with van der Waals surface area (Å²) in [7, 11) is 0. The van der Waals surface area contributed by atoms with Crippen molar-refractivity contribution in [2.24, 2.45) is 11.7 Å². The van der Waals surface area contributed by atoms with Gasteiger partial charge in [-0.25, -0.2) is 0 Å². The number of carbonyl (C=O) groups excluding carboxylic acids is 2. The van der Waals surface area contributed by atoms with Gasteiger partial charge in [-0.15, -0.1) is 12.4 Å². The molecule has 1 aliphatic heterocycles. The van der Waals surface area contributed by atoms with Crippen molar-refractivity contribution >= 4 is 24.2 Å². The zero-order valence-electron chi connectivity index (χ0n) is 13.8. The van der Waals surface area contributed by atoms with E-state index in [0.717, 1.165) is 45.1 Å². The van der Waals surface area contributed by atoms with Gasteiger partial charge in [0, 0.05) is 31.1 Å². The maximum Gasteiger partial charge on any atom is 0.227 e. The molecule has 128 valence electrons. The molecule has 0 aromatic rings. The normalized spacial score (nSPS) is 32.0. The Morgan fingerprint density at radius 3 is 2.64 bits per heavy atom. The highest BCUT2D eigenvalue weighted by Gasteiger charge is 2.40. The molecule has 2 rings (SSSR count). The Morgan fingerprint density at radius 1 is 1.27 bits per heavy atom. The van der Waals surface area contributed by atoms with E-state index in [0.29, 0.717) is 13.0 Å². The lowest BCUT2D eigenvalue weighted by molar-refractivity contribution is -0.141. The summed E-state index contributed by atoms with van der Waals surface area (Å²) >= 11 is 0. The van der Waals surface area contributed by atoms with Crippen LogP contribution in [0.1, 0.15) is 58.8 Å². The number of halogens is 1. The molecule has 2 aliphatic rings. The summed E-state index contributed by atoms with van der Waals surface area (Å²) in [5, 5.41) is 3.01. The number of nitrogens with two attached hydrogens (primary N) is 1. The first kappa shape index (κ1) is 19.2. The molecule has 0 spiro atoms. The van der Waals surface area contributed by atoms with Gasteiger partial charge in [0.05, 0.1) is 5.92 Å². The summed E-state index contributed by atoms with van der Waals surface area (Å²) < 4.78 is 0. The third kappa shape index (κ3) is 4.59. The van der Waals surface area contributed by atoms with Crippen molar-refractivity contribution in [3.05, 3.63) is 0 Å². The Bertz CT molecular complexity index is 401. The molecule has 1 saturated heterocycles. The molecule has 1 aliphatic carbocycles. The summed E-state index contributed by atoms with van der Waals surface area (Å²) in [6.07, 6.45) is 6.43. The molecule has 22 heavy (non-hydrogen) atoms. The number of nitrogens with zero attached hydrogens (tertiary/aromatic N) is 1. The molecule has 0 radical (unpaired) electrons. The summed E-state index contributed by atoms with van der Waals surface area (Å²) in [4.78, 5) is 26.3. The number of likely N-dealkylation sites (tertiary alicyclic amines) is 1. The number of hydrogen-bond donors (Lipinski definition) is 2. The van der Waals surface area contributed by atoms with Crippen LogP contribution in [-0.2, 0) is 9.59 Å². The number of nitrogens with one attached hydrogen (secondary N) is 1. The van der Waals surface area contributed by atoms with Crippen LogP contribution in [0, 0.1) is 5.92 Å². The Labute approximate surface area is 139 Å². The van der Waals surface area contributed by atoms with Crippen LogP contribution in [0.2, 0.25) is 0 Å². The van der Waals surface area contributed by atoms with Gasteiger partial charge < -0.3 is 16.0 Å². The lowest BCUT2D eigenvalue weighted by Crippen LogP contribution is -2.57. The zero-order valence-corrected chi connectivity index (χ0v) is 14.6. The van der Waals surface area contributed by atoms with Crippen molar-refractivity contribution in [1.29, 1.82) is 0 Å². The van der Waals surface area contributed by atoms with Gasteiger partial charge in [-0.05, 0) is 32.6 Å². The van der Waals surface area contributed by atoms with Crippen molar-refractivity contribution in [1.82, 2.24) is 10.2 Å². The fourth-order valence-electron chi connectivity index (χ4n) is 3.61. The molecule has 3 unspecified atom stereocenters. The smallest absolute Gasteiger partial charge is 0.227 e. The maximum absolute atomic E-state index is 12.8. The van der Waals surface area contributed by atoms with Crippen LogP contribution in [0.15, 0.2) is 0 Å². The van der Waals surface area contributed by atoms with Crippen LogP contribution in [0.5, 0.6) is 0 Å². The minimum absolute atomic E-state index is 0. The van der Waals surface area contributed by atoms with Crippen molar-refractivity contribution in [2.75, 3.05) is 13.1 Å². The lowest BCUT2D eigenvalue weighted by atomic mass is 9.74. The van der Waals surface area contributed by atoms with E-state index < -0.39 is 0 Å². The average molecular weight is 332 g/mol. The highest BCUT2D eigenvalue weighted by Crippen LogP contribution is 2.33. The van der Waals surface area contributed by atoms with Gasteiger partial charge in [0.1, 0.15) is 0 Å². The number of amides is 2. The third-order valence-corrected chi connectivity index (χ3v) is 4.97. The van der Waals surface area contributed by atoms with E-state index in [1.807, 2.05) is 18.7 Å². The molecule has 5 nitrogen and oxygen atoms in total. The summed E-state index contributed by atoms with van der Waals surface area (Å²) in [5.41, 5.74) is 5.97. The predicted molar refractivity (Wildman–Crippen MR) is 89.8 cm³/mol. The first-order chi connectivity index (χ1) is 9.94. The van der Waals surface area contributed by atoms with E-state index in [9.17, 15) is 9.59 Å². The van der Waals surface area contributed by atoms with E-state index in [2.05, 4.69) is 5.32 Å². The van der Waals surface area contributed by atoms with Gasteiger partial charge in [0.2, 0.25) is 11.8 Å². The standard InChI is InChI=1S/C16H29N3O2.ClH/c1-3-14(20)18-12-7-6-10-19(11-12)15(21)13-8-4-5-9-16(13,2)17;/h12-13H,3-11,17H2,1-2H3,(H,18,20);1H. The van der Waals surface area contributed by atoms with Crippen LogP contribution in [-0.4, -0.2) is 41.4 Å². The predicted octanol–water partition coefficient (Wildman–Crippen LogP) is 1.83. The molecule has 3 N–H and O–H groups in total.